The Balaban J connectivity index is 2.00. The van der Waals surface area contributed by atoms with Crippen LogP contribution in [0.5, 0.6) is 0 Å². The molecule has 0 unspecified atom stereocenters. The molecule has 2 saturated carbocycles. The number of rotatable bonds is 2. The number of carbonyl (C=O) groups excluding carboxylic acids is 1. The minimum Gasteiger partial charge on any atom is -0.481 e. The molecule has 18 heavy (non-hydrogen) atoms. The number of carbonyl (C=O) groups is 2. The molecule has 2 N–H and O–H groups in total. The van der Waals surface area contributed by atoms with Gasteiger partial charge in [0.25, 0.3) is 0 Å². The Morgan fingerprint density at radius 3 is 2.39 bits per heavy atom. The van der Waals surface area contributed by atoms with Crippen LogP contribution >= 0.6 is 0 Å². The van der Waals surface area contributed by atoms with Gasteiger partial charge in [-0.3, -0.25) is 4.79 Å². The van der Waals surface area contributed by atoms with Crippen LogP contribution in [0.1, 0.15) is 40.0 Å². The van der Waals surface area contributed by atoms with E-state index in [1.165, 1.54) is 0 Å². The lowest BCUT2D eigenvalue weighted by molar-refractivity contribution is -0.144. The lowest BCUT2D eigenvalue weighted by Gasteiger charge is -2.30. The summed E-state index contributed by atoms with van der Waals surface area (Å²) in [7, 11) is 0. The summed E-state index contributed by atoms with van der Waals surface area (Å²) in [4.78, 5) is 23.0. The fraction of sp³-hybridized carbons (Fsp3) is 0.846. The van der Waals surface area contributed by atoms with Gasteiger partial charge >= 0.3 is 12.1 Å². The van der Waals surface area contributed by atoms with Gasteiger partial charge in [0.1, 0.15) is 5.60 Å². The molecular formula is C13H21NO4. The van der Waals surface area contributed by atoms with Crippen LogP contribution in [-0.4, -0.2) is 28.8 Å². The SMILES string of the molecule is CC(C)(C)OC(=O)N[C@@H]1[C@@H]2CC[C@@H](C2)[C@H]1C(=O)O. The van der Waals surface area contributed by atoms with Gasteiger partial charge < -0.3 is 15.2 Å². The molecule has 0 heterocycles. The third-order valence-electron chi connectivity index (χ3n) is 3.88. The fourth-order valence-electron chi connectivity index (χ4n) is 3.30. The number of hydrogen-bond donors (Lipinski definition) is 2. The molecule has 102 valence electrons. The Bertz CT molecular complexity index is 360. The number of fused-ring (bicyclic) bond motifs is 2. The Kier molecular flexibility index (Phi) is 3.25. The minimum absolute atomic E-state index is 0.215. The van der Waals surface area contributed by atoms with Crippen molar-refractivity contribution in [3.05, 3.63) is 0 Å². The second-order valence-electron chi connectivity index (χ2n) is 6.37. The summed E-state index contributed by atoms with van der Waals surface area (Å²) in [5, 5.41) is 12.0. The Labute approximate surface area is 107 Å². The summed E-state index contributed by atoms with van der Waals surface area (Å²) in [5.41, 5.74) is -0.555. The second-order valence-corrected chi connectivity index (χ2v) is 6.37. The van der Waals surface area contributed by atoms with Crippen LogP contribution in [0.25, 0.3) is 0 Å². The Morgan fingerprint density at radius 2 is 1.83 bits per heavy atom. The highest BCUT2D eigenvalue weighted by atomic mass is 16.6. The molecule has 2 aliphatic carbocycles. The maximum absolute atomic E-state index is 11.7. The molecule has 5 nitrogen and oxygen atoms in total. The van der Waals surface area contributed by atoms with Gasteiger partial charge in [-0.25, -0.2) is 4.79 Å². The molecule has 0 aliphatic heterocycles. The molecule has 0 aromatic carbocycles. The van der Waals surface area contributed by atoms with Gasteiger partial charge in [0.15, 0.2) is 0 Å². The van der Waals surface area contributed by atoms with Gasteiger partial charge in [-0.1, -0.05) is 0 Å². The smallest absolute Gasteiger partial charge is 0.407 e. The number of amides is 1. The highest BCUT2D eigenvalue weighted by Gasteiger charge is 2.51. The fourth-order valence-corrected chi connectivity index (χ4v) is 3.30. The maximum Gasteiger partial charge on any atom is 0.407 e. The minimum atomic E-state index is -0.803. The quantitative estimate of drug-likeness (QED) is 0.791. The molecule has 0 saturated heterocycles. The number of alkyl carbamates (subject to hydrolysis) is 1. The van der Waals surface area contributed by atoms with Gasteiger partial charge in [-0.15, -0.1) is 0 Å². The van der Waals surface area contributed by atoms with Crippen molar-refractivity contribution in [1.29, 1.82) is 0 Å². The first-order valence-corrected chi connectivity index (χ1v) is 6.50. The molecule has 2 rings (SSSR count). The summed E-state index contributed by atoms with van der Waals surface area (Å²) < 4.78 is 5.19. The van der Waals surface area contributed by atoms with E-state index >= 15 is 0 Å². The van der Waals surface area contributed by atoms with Crippen molar-refractivity contribution < 1.29 is 19.4 Å². The van der Waals surface area contributed by atoms with Gasteiger partial charge in [0.05, 0.1) is 5.92 Å². The van der Waals surface area contributed by atoms with Crippen LogP contribution < -0.4 is 5.32 Å². The summed E-state index contributed by atoms with van der Waals surface area (Å²) >= 11 is 0. The first kappa shape index (κ1) is 13.2. The normalized spacial score (nSPS) is 34.4. The van der Waals surface area contributed by atoms with Gasteiger partial charge in [-0.05, 0) is 51.9 Å². The monoisotopic (exact) mass is 255 g/mol. The molecule has 5 heteroatoms. The van der Waals surface area contributed by atoms with Crippen molar-refractivity contribution in [3.8, 4) is 0 Å². The first-order valence-electron chi connectivity index (χ1n) is 6.50. The largest absolute Gasteiger partial charge is 0.481 e. The zero-order valence-corrected chi connectivity index (χ0v) is 11.1. The van der Waals surface area contributed by atoms with Gasteiger partial charge in [0.2, 0.25) is 0 Å². The number of nitrogens with one attached hydrogen (secondary N) is 1. The van der Waals surface area contributed by atoms with Crippen LogP contribution in [0.3, 0.4) is 0 Å². The average Bonchev–Trinajstić information content (AvgIpc) is 2.73. The van der Waals surface area contributed by atoms with E-state index in [9.17, 15) is 14.7 Å². The van der Waals surface area contributed by atoms with E-state index in [1.807, 2.05) is 0 Å². The lowest BCUT2D eigenvalue weighted by atomic mass is 9.84. The summed E-state index contributed by atoms with van der Waals surface area (Å²) in [6, 6.07) is -0.268. The third-order valence-corrected chi connectivity index (χ3v) is 3.88. The summed E-state index contributed by atoms with van der Waals surface area (Å²) in [6.07, 6.45) is 2.38. The van der Waals surface area contributed by atoms with E-state index in [-0.39, 0.29) is 12.0 Å². The molecule has 1 amide bonds. The topological polar surface area (TPSA) is 75.6 Å². The number of carboxylic acid groups (broad SMARTS) is 1. The average molecular weight is 255 g/mol. The van der Waals surface area contributed by atoms with Crippen LogP contribution in [0.4, 0.5) is 4.79 Å². The van der Waals surface area contributed by atoms with Crippen molar-refractivity contribution in [1.82, 2.24) is 5.32 Å². The van der Waals surface area contributed by atoms with E-state index in [0.717, 1.165) is 19.3 Å². The Hall–Kier alpha value is -1.26. The Morgan fingerprint density at radius 1 is 1.22 bits per heavy atom. The van der Waals surface area contributed by atoms with Crippen molar-refractivity contribution >= 4 is 12.1 Å². The maximum atomic E-state index is 11.7. The summed E-state index contributed by atoms with van der Waals surface area (Å²) in [5.74, 6) is -0.740. The molecular weight excluding hydrogens is 234 g/mol. The first-order chi connectivity index (χ1) is 8.28. The predicted octanol–water partition coefficient (Wildman–Crippen LogP) is 2.01. The molecule has 2 bridgehead atoms. The number of hydrogen-bond acceptors (Lipinski definition) is 3. The van der Waals surface area contributed by atoms with Crippen LogP contribution in [0.2, 0.25) is 0 Å². The lowest BCUT2D eigenvalue weighted by Crippen LogP contribution is -2.48. The zero-order valence-electron chi connectivity index (χ0n) is 11.1. The van der Waals surface area contributed by atoms with E-state index in [0.29, 0.717) is 5.92 Å². The van der Waals surface area contributed by atoms with Crippen LogP contribution in [0.15, 0.2) is 0 Å². The number of ether oxygens (including phenoxy) is 1. The van der Waals surface area contributed by atoms with Gasteiger partial charge in [0, 0.05) is 6.04 Å². The van der Waals surface area contributed by atoms with Crippen molar-refractivity contribution in [3.63, 3.8) is 0 Å². The van der Waals surface area contributed by atoms with E-state index in [4.69, 9.17) is 4.74 Å². The highest BCUT2D eigenvalue weighted by molar-refractivity contribution is 5.75. The highest BCUT2D eigenvalue weighted by Crippen LogP contribution is 2.48. The number of carboxylic acids is 1. The third kappa shape index (κ3) is 2.60. The van der Waals surface area contributed by atoms with Crippen molar-refractivity contribution in [2.24, 2.45) is 17.8 Å². The van der Waals surface area contributed by atoms with E-state index < -0.39 is 23.6 Å². The van der Waals surface area contributed by atoms with Crippen molar-refractivity contribution in [2.45, 2.75) is 51.7 Å². The van der Waals surface area contributed by atoms with Gasteiger partial charge in [-0.2, -0.15) is 0 Å². The number of aliphatic carboxylic acids is 1. The molecule has 2 fully saturated rings. The predicted molar refractivity (Wildman–Crippen MR) is 65.1 cm³/mol. The van der Waals surface area contributed by atoms with E-state index in [1.54, 1.807) is 20.8 Å². The summed E-state index contributed by atoms with van der Waals surface area (Å²) in [6.45, 7) is 5.38. The molecule has 4 atom stereocenters. The molecule has 0 aromatic rings. The van der Waals surface area contributed by atoms with Crippen LogP contribution in [-0.2, 0) is 9.53 Å². The molecule has 0 aromatic heterocycles. The molecule has 0 spiro atoms. The molecule has 2 aliphatic rings. The van der Waals surface area contributed by atoms with E-state index in [2.05, 4.69) is 5.32 Å². The van der Waals surface area contributed by atoms with Crippen LogP contribution in [0, 0.1) is 17.8 Å². The zero-order chi connectivity index (χ0) is 13.5. The molecule has 0 radical (unpaired) electrons. The standard InChI is InChI=1S/C13H21NO4/c1-13(2,3)18-12(17)14-10-8-5-4-7(6-8)9(10)11(15)16/h7-10H,4-6H2,1-3H3,(H,14,17)(H,15,16)/t7-,8+,9+,10+/m0/s1. The van der Waals surface area contributed by atoms with Crippen molar-refractivity contribution in [2.75, 3.05) is 0 Å². The second kappa shape index (κ2) is 4.44.